The molecule has 2 unspecified atom stereocenters. The molecule has 132 valence electrons. The van der Waals surface area contributed by atoms with E-state index in [2.05, 4.69) is 11.9 Å². The molecule has 5 heteroatoms. The second-order valence-corrected chi connectivity index (χ2v) is 6.41. The van der Waals surface area contributed by atoms with E-state index in [1.54, 1.807) is 23.2 Å². The molecule has 1 aromatic carbocycles. The largest absolute Gasteiger partial charge is 0.373 e. The summed E-state index contributed by atoms with van der Waals surface area (Å²) in [5.41, 5.74) is 2.52. The Kier molecular flexibility index (Phi) is 5.43. The fourth-order valence-corrected chi connectivity index (χ4v) is 3.20. The summed E-state index contributed by atoms with van der Waals surface area (Å²) >= 11 is 0. The smallest absolute Gasteiger partial charge is 0.272 e. The maximum atomic E-state index is 13.1. The molecule has 4 nitrogen and oxygen atoms in total. The normalized spacial score (nSPS) is 20.3. The molecule has 0 spiro atoms. The SMILES string of the molecule is CCc1ccnc(C(=O)N(C)C2CCOC(c3ccc(F)cc3)C2)c1. The Morgan fingerprint density at radius 1 is 1.32 bits per heavy atom. The van der Waals surface area contributed by atoms with E-state index in [-0.39, 0.29) is 23.9 Å². The maximum absolute atomic E-state index is 13.1. The first-order chi connectivity index (χ1) is 12.1. The van der Waals surface area contributed by atoms with Crippen LogP contribution < -0.4 is 0 Å². The fourth-order valence-electron chi connectivity index (χ4n) is 3.20. The summed E-state index contributed by atoms with van der Waals surface area (Å²) in [6.07, 6.45) is 3.92. The van der Waals surface area contributed by atoms with Crippen molar-refractivity contribution < 1.29 is 13.9 Å². The number of halogens is 1. The Bertz CT molecular complexity index is 733. The third-order valence-electron chi connectivity index (χ3n) is 4.82. The van der Waals surface area contributed by atoms with Gasteiger partial charge in [-0.15, -0.1) is 0 Å². The Balaban J connectivity index is 1.71. The van der Waals surface area contributed by atoms with E-state index < -0.39 is 0 Å². The molecule has 1 fully saturated rings. The minimum Gasteiger partial charge on any atom is -0.373 e. The molecular formula is C20H23FN2O2. The molecule has 0 aliphatic carbocycles. The predicted molar refractivity (Wildman–Crippen MR) is 93.8 cm³/mol. The van der Waals surface area contributed by atoms with Gasteiger partial charge in [0.25, 0.3) is 5.91 Å². The van der Waals surface area contributed by atoms with Gasteiger partial charge in [0.05, 0.1) is 6.10 Å². The zero-order valence-electron chi connectivity index (χ0n) is 14.6. The first kappa shape index (κ1) is 17.5. The number of amides is 1. The van der Waals surface area contributed by atoms with E-state index in [4.69, 9.17) is 4.74 Å². The van der Waals surface area contributed by atoms with Crippen LogP contribution in [0.4, 0.5) is 4.39 Å². The molecule has 0 N–H and O–H groups in total. The van der Waals surface area contributed by atoms with E-state index in [0.717, 1.165) is 24.0 Å². The molecule has 0 saturated carbocycles. The number of aromatic nitrogens is 1. The lowest BCUT2D eigenvalue weighted by Gasteiger charge is -2.35. The van der Waals surface area contributed by atoms with Gasteiger partial charge in [0.15, 0.2) is 0 Å². The minimum absolute atomic E-state index is 0.0694. The molecule has 1 amide bonds. The average Bonchev–Trinajstić information content (AvgIpc) is 2.67. The zero-order valence-corrected chi connectivity index (χ0v) is 14.6. The van der Waals surface area contributed by atoms with Gasteiger partial charge in [-0.3, -0.25) is 9.78 Å². The topological polar surface area (TPSA) is 42.4 Å². The number of benzene rings is 1. The molecule has 25 heavy (non-hydrogen) atoms. The highest BCUT2D eigenvalue weighted by Gasteiger charge is 2.29. The van der Waals surface area contributed by atoms with Crippen LogP contribution in [0.25, 0.3) is 0 Å². The van der Waals surface area contributed by atoms with Crippen molar-refractivity contribution >= 4 is 5.91 Å². The van der Waals surface area contributed by atoms with Crippen molar-refractivity contribution in [2.75, 3.05) is 13.7 Å². The van der Waals surface area contributed by atoms with E-state index >= 15 is 0 Å². The molecule has 2 heterocycles. The maximum Gasteiger partial charge on any atom is 0.272 e. The number of pyridine rings is 1. The van der Waals surface area contributed by atoms with Crippen LogP contribution in [0.2, 0.25) is 0 Å². The van der Waals surface area contributed by atoms with Gasteiger partial charge in [0, 0.05) is 25.9 Å². The number of hydrogen-bond donors (Lipinski definition) is 0. The van der Waals surface area contributed by atoms with Crippen LogP contribution in [0.15, 0.2) is 42.6 Å². The van der Waals surface area contributed by atoms with E-state index in [9.17, 15) is 9.18 Å². The second-order valence-electron chi connectivity index (χ2n) is 6.41. The van der Waals surface area contributed by atoms with Gasteiger partial charge in [-0.2, -0.15) is 0 Å². The molecule has 0 radical (unpaired) electrons. The van der Waals surface area contributed by atoms with Crippen LogP contribution in [-0.4, -0.2) is 35.5 Å². The molecule has 1 aromatic heterocycles. The van der Waals surface area contributed by atoms with Crippen LogP contribution in [0, 0.1) is 5.82 Å². The monoisotopic (exact) mass is 342 g/mol. The summed E-state index contributed by atoms with van der Waals surface area (Å²) in [6.45, 7) is 2.63. The fraction of sp³-hybridized carbons (Fsp3) is 0.400. The molecular weight excluding hydrogens is 319 g/mol. The lowest BCUT2D eigenvalue weighted by Crippen LogP contribution is -2.41. The van der Waals surface area contributed by atoms with Gasteiger partial charge in [0.1, 0.15) is 11.5 Å². The number of nitrogens with zero attached hydrogens (tertiary/aromatic N) is 2. The van der Waals surface area contributed by atoms with Crippen molar-refractivity contribution in [2.24, 2.45) is 0 Å². The molecule has 1 saturated heterocycles. The zero-order chi connectivity index (χ0) is 17.8. The summed E-state index contributed by atoms with van der Waals surface area (Å²) in [7, 11) is 1.82. The van der Waals surface area contributed by atoms with Crippen LogP contribution >= 0.6 is 0 Å². The van der Waals surface area contributed by atoms with Crippen molar-refractivity contribution in [3.8, 4) is 0 Å². The van der Waals surface area contributed by atoms with Gasteiger partial charge in [-0.25, -0.2) is 4.39 Å². The van der Waals surface area contributed by atoms with Gasteiger partial charge in [0.2, 0.25) is 0 Å². The van der Waals surface area contributed by atoms with Crippen LogP contribution in [-0.2, 0) is 11.2 Å². The third kappa shape index (κ3) is 4.04. The van der Waals surface area contributed by atoms with Gasteiger partial charge in [-0.05, 0) is 54.7 Å². The van der Waals surface area contributed by atoms with Gasteiger partial charge >= 0.3 is 0 Å². The summed E-state index contributed by atoms with van der Waals surface area (Å²) in [6, 6.07) is 10.2. The minimum atomic E-state index is -0.259. The Morgan fingerprint density at radius 2 is 2.08 bits per heavy atom. The van der Waals surface area contributed by atoms with Crippen LogP contribution in [0.3, 0.4) is 0 Å². The number of ether oxygens (including phenoxy) is 1. The van der Waals surface area contributed by atoms with Crippen molar-refractivity contribution in [3.05, 3.63) is 65.2 Å². The third-order valence-corrected chi connectivity index (χ3v) is 4.82. The summed E-state index contributed by atoms with van der Waals surface area (Å²) in [5, 5.41) is 0. The average molecular weight is 342 g/mol. The Morgan fingerprint density at radius 3 is 2.80 bits per heavy atom. The van der Waals surface area contributed by atoms with Gasteiger partial charge < -0.3 is 9.64 Å². The van der Waals surface area contributed by atoms with Gasteiger partial charge in [-0.1, -0.05) is 19.1 Å². The Labute approximate surface area is 147 Å². The Hall–Kier alpha value is -2.27. The number of hydrogen-bond acceptors (Lipinski definition) is 3. The first-order valence-electron chi connectivity index (χ1n) is 8.67. The van der Waals surface area contributed by atoms with Crippen molar-refractivity contribution in [2.45, 2.75) is 38.3 Å². The predicted octanol–water partition coefficient (Wildman–Crippen LogP) is 3.78. The molecule has 1 aliphatic rings. The molecule has 1 aliphatic heterocycles. The molecule has 2 aromatic rings. The first-order valence-corrected chi connectivity index (χ1v) is 8.67. The second kappa shape index (κ2) is 7.74. The number of carbonyl (C=O) groups is 1. The molecule has 3 rings (SSSR count). The van der Waals surface area contributed by atoms with Crippen molar-refractivity contribution in [1.82, 2.24) is 9.88 Å². The summed E-state index contributed by atoms with van der Waals surface area (Å²) < 4.78 is 18.9. The van der Waals surface area contributed by atoms with E-state index in [0.29, 0.717) is 18.7 Å². The van der Waals surface area contributed by atoms with Crippen molar-refractivity contribution in [1.29, 1.82) is 0 Å². The molecule has 2 atom stereocenters. The van der Waals surface area contributed by atoms with E-state index in [1.165, 1.54) is 12.1 Å². The highest BCUT2D eigenvalue weighted by molar-refractivity contribution is 5.92. The van der Waals surface area contributed by atoms with E-state index in [1.807, 2.05) is 19.2 Å². The summed E-state index contributed by atoms with van der Waals surface area (Å²) in [4.78, 5) is 18.8. The number of carbonyl (C=O) groups excluding carboxylic acids is 1. The van der Waals surface area contributed by atoms with Crippen LogP contribution in [0.5, 0.6) is 0 Å². The lowest BCUT2D eigenvalue weighted by atomic mass is 9.96. The number of rotatable bonds is 4. The molecule has 0 bridgehead atoms. The highest BCUT2D eigenvalue weighted by Crippen LogP contribution is 2.30. The quantitative estimate of drug-likeness (QED) is 0.849. The van der Waals surface area contributed by atoms with Crippen LogP contribution in [0.1, 0.15) is 47.5 Å². The van der Waals surface area contributed by atoms with Crippen molar-refractivity contribution in [3.63, 3.8) is 0 Å². The summed E-state index contributed by atoms with van der Waals surface area (Å²) in [5.74, 6) is -0.328. The lowest BCUT2D eigenvalue weighted by molar-refractivity contribution is -0.0198. The highest BCUT2D eigenvalue weighted by atomic mass is 19.1. The number of aryl methyl sites for hydroxylation is 1. The standard InChI is InChI=1S/C20H23FN2O2/c1-3-14-8-10-22-18(12-14)20(24)23(2)17-9-11-25-19(13-17)15-4-6-16(21)7-5-15/h4-8,10,12,17,19H,3,9,11,13H2,1-2H3.